The van der Waals surface area contributed by atoms with Crippen molar-refractivity contribution in [3.05, 3.63) is 46.4 Å². The fraction of sp³-hybridized carbons (Fsp3) is 0.385. The summed E-state index contributed by atoms with van der Waals surface area (Å²) in [5, 5.41) is 2.92. The van der Waals surface area contributed by atoms with Crippen LogP contribution in [0.1, 0.15) is 19.4 Å². The van der Waals surface area contributed by atoms with Crippen molar-refractivity contribution in [1.82, 2.24) is 9.88 Å². The zero-order chi connectivity index (χ0) is 13.5. The van der Waals surface area contributed by atoms with Gasteiger partial charge in [0.1, 0.15) is 0 Å². The van der Waals surface area contributed by atoms with Gasteiger partial charge in [-0.2, -0.15) is 0 Å². The van der Waals surface area contributed by atoms with E-state index in [1.54, 1.807) is 16.8 Å². The van der Waals surface area contributed by atoms with Crippen LogP contribution in [0.15, 0.2) is 40.3 Å². The molecule has 0 aliphatic rings. The lowest BCUT2D eigenvalue weighted by molar-refractivity contribution is 0.714. The van der Waals surface area contributed by atoms with Gasteiger partial charge in [-0.05, 0) is 19.9 Å². The molecule has 0 unspecified atom stereocenters. The maximum absolute atomic E-state index is 11.9. The summed E-state index contributed by atoms with van der Waals surface area (Å²) in [6, 6.07) is 3.61. The highest BCUT2D eigenvalue weighted by molar-refractivity contribution is 5.78. The number of pyridine rings is 1. The second-order valence-corrected chi connectivity index (χ2v) is 4.14. The highest BCUT2D eigenvalue weighted by atomic mass is 16.1. The van der Waals surface area contributed by atoms with Crippen LogP contribution in [0.5, 0.6) is 0 Å². The molecule has 1 aromatic heterocycles. The van der Waals surface area contributed by atoms with Crippen LogP contribution in [0.25, 0.3) is 0 Å². The molecule has 5 heteroatoms. The molecule has 0 spiro atoms. The van der Waals surface area contributed by atoms with Crippen LogP contribution in [0, 0.1) is 0 Å². The quantitative estimate of drug-likeness (QED) is 0.461. The molecule has 0 saturated carbocycles. The molecule has 0 radical (unpaired) electrons. The molecule has 0 fully saturated rings. The minimum Gasteiger partial charge on any atom is -0.370 e. The number of guanidine groups is 1. The van der Waals surface area contributed by atoms with Crippen molar-refractivity contribution in [3.63, 3.8) is 0 Å². The maximum atomic E-state index is 11.9. The molecule has 1 heterocycles. The molecule has 5 nitrogen and oxygen atoms in total. The average Bonchev–Trinajstić information content (AvgIpc) is 2.35. The van der Waals surface area contributed by atoms with Gasteiger partial charge >= 0.3 is 0 Å². The summed E-state index contributed by atoms with van der Waals surface area (Å²) in [7, 11) is 0. The molecule has 0 atom stereocenters. The predicted octanol–water partition coefficient (Wildman–Crippen LogP) is 0.849. The van der Waals surface area contributed by atoms with E-state index >= 15 is 0 Å². The number of nitrogens with two attached hydrogens (primary N) is 1. The van der Waals surface area contributed by atoms with Crippen molar-refractivity contribution in [2.45, 2.75) is 26.9 Å². The first kappa shape index (κ1) is 14.0. The Morgan fingerprint density at radius 1 is 1.61 bits per heavy atom. The highest BCUT2D eigenvalue weighted by Gasteiger charge is 2.01. The largest absolute Gasteiger partial charge is 0.370 e. The topological polar surface area (TPSA) is 72.4 Å². The number of aliphatic imine (C=N–C) groups is 1. The smallest absolute Gasteiger partial charge is 0.255 e. The van der Waals surface area contributed by atoms with Crippen LogP contribution in [-0.2, 0) is 13.1 Å². The molecule has 0 saturated heterocycles. The van der Waals surface area contributed by atoms with E-state index in [0.717, 1.165) is 5.57 Å². The number of aryl methyl sites for hydroxylation is 1. The van der Waals surface area contributed by atoms with Gasteiger partial charge in [-0.15, -0.1) is 0 Å². The van der Waals surface area contributed by atoms with Gasteiger partial charge < -0.3 is 15.6 Å². The number of aromatic nitrogens is 1. The summed E-state index contributed by atoms with van der Waals surface area (Å²) < 4.78 is 1.64. The van der Waals surface area contributed by atoms with Gasteiger partial charge in [0, 0.05) is 24.8 Å². The molecule has 0 aliphatic carbocycles. The van der Waals surface area contributed by atoms with Crippen LogP contribution in [0.4, 0.5) is 0 Å². The molecule has 1 rings (SSSR count). The Balaban J connectivity index is 2.71. The molecular formula is C13H20N4O. The summed E-state index contributed by atoms with van der Waals surface area (Å²) in [5.74, 6) is 0.323. The van der Waals surface area contributed by atoms with Crippen LogP contribution >= 0.6 is 0 Å². The van der Waals surface area contributed by atoms with Crippen LogP contribution in [0.3, 0.4) is 0 Å². The molecule has 0 bridgehead atoms. The first-order valence-corrected chi connectivity index (χ1v) is 5.91. The van der Waals surface area contributed by atoms with Gasteiger partial charge in [0.05, 0.1) is 6.54 Å². The van der Waals surface area contributed by atoms with Crippen molar-refractivity contribution in [2.24, 2.45) is 10.7 Å². The molecule has 0 aliphatic heterocycles. The third-order valence-corrected chi connectivity index (χ3v) is 2.43. The van der Waals surface area contributed by atoms with Crippen molar-refractivity contribution in [3.8, 4) is 0 Å². The lowest BCUT2D eigenvalue weighted by atomic mass is 10.3. The summed E-state index contributed by atoms with van der Waals surface area (Å²) in [6.45, 7) is 9.11. The first-order valence-electron chi connectivity index (χ1n) is 5.91. The van der Waals surface area contributed by atoms with Gasteiger partial charge in [-0.25, -0.2) is 4.99 Å². The van der Waals surface area contributed by atoms with Crippen molar-refractivity contribution < 1.29 is 0 Å². The summed E-state index contributed by atoms with van der Waals surface area (Å²) in [6.07, 6.45) is 1.76. The second kappa shape index (κ2) is 6.64. The summed E-state index contributed by atoms with van der Waals surface area (Å²) >= 11 is 0. The first-order chi connectivity index (χ1) is 8.54. The zero-order valence-electron chi connectivity index (χ0n) is 10.9. The normalized spacial score (nSPS) is 11.3. The summed E-state index contributed by atoms with van der Waals surface area (Å²) in [4.78, 5) is 16.0. The van der Waals surface area contributed by atoms with Crippen LogP contribution in [-0.4, -0.2) is 17.1 Å². The fourth-order valence-corrected chi connectivity index (χ4v) is 1.42. The highest BCUT2D eigenvalue weighted by Crippen LogP contribution is 1.94. The Bertz CT molecular complexity index is 502. The van der Waals surface area contributed by atoms with Crippen molar-refractivity contribution >= 4 is 5.96 Å². The van der Waals surface area contributed by atoms with E-state index in [1.807, 2.05) is 19.9 Å². The second-order valence-electron chi connectivity index (χ2n) is 4.14. The Hall–Kier alpha value is -2.04. The lowest BCUT2D eigenvalue weighted by Crippen LogP contribution is -2.33. The Labute approximate surface area is 107 Å². The molecule has 0 amide bonds. The fourth-order valence-electron chi connectivity index (χ4n) is 1.42. The van der Waals surface area contributed by atoms with E-state index in [-0.39, 0.29) is 12.1 Å². The van der Waals surface area contributed by atoms with Gasteiger partial charge in [0.15, 0.2) is 5.96 Å². The van der Waals surface area contributed by atoms with Gasteiger partial charge in [0.2, 0.25) is 0 Å². The maximum Gasteiger partial charge on any atom is 0.255 e. The number of hydrogen-bond acceptors (Lipinski definition) is 2. The molecule has 3 N–H and O–H groups in total. The SMILES string of the molecule is C=C(C)CNC(N)=NCc1cccn(CC)c1=O. The minimum absolute atomic E-state index is 0.0172. The van der Waals surface area contributed by atoms with Gasteiger partial charge in [0.25, 0.3) is 5.56 Å². The van der Waals surface area contributed by atoms with E-state index in [4.69, 9.17) is 5.73 Å². The van der Waals surface area contributed by atoms with E-state index in [0.29, 0.717) is 24.6 Å². The average molecular weight is 248 g/mol. The van der Waals surface area contributed by atoms with Crippen LogP contribution in [0.2, 0.25) is 0 Å². The Kier molecular flexibility index (Phi) is 5.17. The van der Waals surface area contributed by atoms with Crippen LogP contribution < -0.4 is 16.6 Å². The monoisotopic (exact) mass is 248 g/mol. The number of nitrogens with one attached hydrogen (secondary N) is 1. The summed E-state index contributed by atoms with van der Waals surface area (Å²) in [5.41, 5.74) is 7.27. The van der Waals surface area contributed by atoms with Gasteiger partial charge in [-0.1, -0.05) is 18.2 Å². The minimum atomic E-state index is -0.0172. The van der Waals surface area contributed by atoms with E-state index in [1.165, 1.54) is 0 Å². The number of rotatable bonds is 5. The predicted molar refractivity (Wildman–Crippen MR) is 74.5 cm³/mol. The van der Waals surface area contributed by atoms with E-state index in [9.17, 15) is 4.79 Å². The molecular weight excluding hydrogens is 228 g/mol. The zero-order valence-corrected chi connectivity index (χ0v) is 10.9. The third kappa shape index (κ3) is 4.08. The van der Waals surface area contributed by atoms with Crippen molar-refractivity contribution in [1.29, 1.82) is 0 Å². The van der Waals surface area contributed by atoms with E-state index < -0.39 is 0 Å². The molecule has 1 aromatic rings. The molecule has 18 heavy (non-hydrogen) atoms. The Morgan fingerprint density at radius 2 is 2.33 bits per heavy atom. The Morgan fingerprint density at radius 3 is 2.94 bits per heavy atom. The third-order valence-electron chi connectivity index (χ3n) is 2.43. The van der Waals surface area contributed by atoms with E-state index in [2.05, 4.69) is 16.9 Å². The molecule has 98 valence electrons. The number of nitrogens with zero attached hydrogens (tertiary/aromatic N) is 2. The lowest BCUT2D eigenvalue weighted by Gasteiger charge is -2.06. The standard InChI is InChI=1S/C13H20N4O/c1-4-17-7-5-6-11(12(17)18)9-16-13(14)15-8-10(2)3/h5-7H,2,4,8-9H2,1,3H3,(H3,14,15,16). The molecule has 0 aromatic carbocycles. The van der Waals surface area contributed by atoms with Crippen molar-refractivity contribution in [2.75, 3.05) is 6.54 Å². The number of hydrogen-bond donors (Lipinski definition) is 2. The van der Waals surface area contributed by atoms with Gasteiger partial charge in [-0.3, -0.25) is 4.79 Å².